The van der Waals surface area contributed by atoms with E-state index in [1.807, 2.05) is 40.0 Å². The normalized spacial score (nSPS) is 12.2. The quantitative estimate of drug-likeness (QED) is 0.207. The first-order valence-electron chi connectivity index (χ1n) is 10.8. The van der Waals surface area contributed by atoms with Crippen LogP contribution in [0.25, 0.3) is 0 Å². The highest BCUT2D eigenvalue weighted by atomic mass is 35.5. The second-order valence-corrected chi connectivity index (χ2v) is 9.42. The maximum absolute atomic E-state index is 12.4. The average molecular weight is 535 g/mol. The molecule has 3 aromatic rings. The Morgan fingerprint density at radius 2 is 2.00 bits per heavy atom. The summed E-state index contributed by atoms with van der Waals surface area (Å²) < 4.78 is 10.5. The Kier molecular flexibility index (Phi) is 11.5. The van der Waals surface area contributed by atoms with Gasteiger partial charge in [-0.2, -0.15) is 0 Å². The summed E-state index contributed by atoms with van der Waals surface area (Å²) in [4.78, 5) is 32.3. The number of aliphatic hydroxyl groups is 1. The predicted octanol–water partition coefficient (Wildman–Crippen LogP) is 2.20. The van der Waals surface area contributed by atoms with Crippen LogP contribution in [0.3, 0.4) is 0 Å². The molecule has 36 heavy (non-hydrogen) atoms. The fourth-order valence-electron chi connectivity index (χ4n) is 3.16. The third-order valence-electron chi connectivity index (χ3n) is 4.89. The molecular formula is C25H27ClN2O7S. The number of carboxylic acids is 2. The van der Waals surface area contributed by atoms with Gasteiger partial charge >= 0.3 is 5.97 Å². The van der Waals surface area contributed by atoms with Crippen molar-refractivity contribution in [2.45, 2.75) is 38.6 Å². The van der Waals surface area contributed by atoms with Crippen molar-refractivity contribution < 1.29 is 39.0 Å². The number of hydrogen-bond donors (Lipinski definition) is 2. The lowest BCUT2D eigenvalue weighted by Gasteiger charge is -2.17. The van der Waals surface area contributed by atoms with Gasteiger partial charge in [-0.1, -0.05) is 41.9 Å². The lowest BCUT2D eigenvalue weighted by atomic mass is 10.0. The van der Waals surface area contributed by atoms with Crippen LogP contribution in [0, 0.1) is 6.92 Å². The number of aryl methyl sites for hydroxylation is 1. The van der Waals surface area contributed by atoms with E-state index in [1.54, 1.807) is 18.2 Å². The molecule has 0 spiro atoms. The standard InChI is InChI=1S/C21H22ClN2O2S.C4H6O5/c1-3-12-26-19(17-7-5-4-6-16(17)2)14-24-11-10-23(15-24)13-18(25)20-8-9-21(22)27-20;5-2(4(8)9)1-3(6)7/h3-11,15,19H,1,12-14H2,2H3;2,5H,1H2,(H,6,7)(H,8,9)/q+1;/p-1. The maximum Gasteiger partial charge on any atom is 0.306 e. The lowest BCUT2D eigenvalue weighted by molar-refractivity contribution is -0.682. The minimum atomic E-state index is -1.90. The molecule has 11 heteroatoms. The smallest absolute Gasteiger partial charge is 0.306 e. The Labute approximate surface area is 217 Å². The number of aliphatic carboxylic acids is 2. The van der Waals surface area contributed by atoms with Crippen molar-refractivity contribution in [1.29, 1.82) is 0 Å². The summed E-state index contributed by atoms with van der Waals surface area (Å²) in [7, 11) is 0. The van der Waals surface area contributed by atoms with Crippen molar-refractivity contribution in [3.8, 4) is 0 Å². The molecule has 0 aliphatic rings. The van der Waals surface area contributed by atoms with Gasteiger partial charge in [0.2, 0.25) is 12.1 Å². The van der Waals surface area contributed by atoms with Crippen LogP contribution < -0.4 is 9.67 Å². The van der Waals surface area contributed by atoms with Crippen molar-refractivity contribution in [2.75, 3.05) is 6.61 Å². The number of halogens is 1. The molecule has 2 N–H and O–H groups in total. The van der Waals surface area contributed by atoms with Crippen LogP contribution in [-0.4, -0.2) is 45.2 Å². The summed E-state index contributed by atoms with van der Waals surface area (Å²) in [6, 6.07) is 11.7. The first-order chi connectivity index (χ1) is 17.1. The summed E-state index contributed by atoms with van der Waals surface area (Å²) >= 11 is 7.22. The number of ether oxygens (including phenoxy) is 1. The van der Waals surface area contributed by atoms with E-state index in [2.05, 4.69) is 25.6 Å². The number of Topliss-reactive ketones (excluding diaryl/α,β-unsaturated/α-hetero) is 1. The third-order valence-corrected chi connectivity index (χ3v) is 6.16. The molecule has 0 radical (unpaired) electrons. The number of carboxylic acid groups (broad SMARTS) is 2. The van der Waals surface area contributed by atoms with Gasteiger partial charge in [0.25, 0.3) is 0 Å². The van der Waals surface area contributed by atoms with Gasteiger partial charge in [0.15, 0.2) is 6.54 Å². The zero-order chi connectivity index (χ0) is 26.7. The van der Waals surface area contributed by atoms with Crippen molar-refractivity contribution in [1.82, 2.24) is 4.57 Å². The van der Waals surface area contributed by atoms with Gasteiger partial charge in [-0.3, -0.25) is 9.59 Å². The summed E-state index contributed by atoms with van der Waals surface area (Å²) in [5, 5.41) is 25.7. The Hall–Kier alpha value is -3.31. The van der Waals surface area contributed by atoms with Crippen LogP contribution in [0.4, 0.5) is 0 Å². The van der Waals surface area contributed by atoms with Crippen LogP contribution in [0.15, 0.2) is 67.8 Å². The Balaban J connectivity index is 0.000000434. The summed E-state index contributed by atoms with van der Waals surface area (Å²) in [5.74, 6) is -3.09. The number of nitrogens with zero attached hydrogens (tertiary/aromatic N) is 2. The summed E-state index contributed by atoms with van der Waals surface area (Å²) in [6.07, 6.45) is 4.73. The van der Waals surface area contributed by atoms with E-state index < -0.39 is 24.5 Å². The van der Waals surface area contributed by atoms with Gasteiger partial charge in [0.05, 0.1) is 28.2 Å². The van der Waals surface area contributed by atoms with E-state index >= 15 is 0 Å². The SMILES string of the molecule is C=CCOC(Cn1cc[n+](CC(=O)c2ccc(Cl)s2)c1)c1ccccc1C.O=C(O)CC(O)C(=O)[O-]. The molecule has 0 saturated carbocycles. The summed E-state index contributed by atoms with van der Waals surface area (Å²) in [6.45, 7) is 7.25. The molecule has 0 aliphatic carbocycles. The number of rotatable bonds is 12. The van der Waals surface area contributed by atoms with Crippen molar-refractivity contribution in [2.24, 2.45) is 0 Å². The molecule has 0 saturated heterocycles. The van der Waals surface area contributed by atoms with E-state index in [1.165, 1.54) is 16.9 Å². The highest BCUT2D eigenvalue weighted by Gasteiger charge is 2.19. The number of carbonyl (C=O) groups excluding carboxylic acids is 2. The van der Waals surface area contributed by atoms with E-state index in [4.69, 9.17) is 26.6 Å². The van der Waals surface area contributed by atoms with Crippen molar-refractivity contribution in [3.05, 3.63) is 88.1 Å². The predicted molar refractivity (Wildman–Crippen MR) is 132 cm³/mol. The molecule has 0 amide bonds. The highest BCUT2D eigenvalue weighted by Crippen LogP contribution is 2.23. The number of aliphatic hydroxyl groups excluding tert-OH is 1. The van der Waals surface area contributed by atoms with Crippen LogP contribution in [0.1, 0.15) is 33.3 Å². The van der Waals surface area contributed by atoms with Gasteiger partial charge in [0, 0.05) is 0 Å². The second-order valence-electron chi connectivity index (χ2n) is 7.71. The first-order valence-corrected chi connectivity index (χ1v) is 12.0. The number of imidazole rings is 1. The molecule has 2 aromatic heterocycles. The van der Waals surface area contributed by atoms with Crippen LogP contribution in [0.2, 0.25) is 4.34 Å². The van der Waals surface area contributed by atoms with Crippen LogP contribution in [0.5, 0.6) is 0 Å². The second kappa shape index (κ2) is 14.3. The minimum Gasteiger partial charge on any atom is -0.547 e. The fourth-order valence-corrected chi connectivity index (χ4v) is 4.13. The van der Waals surface area contributed by atoms with Gasteiger partial charge in [-0.15, -0.1) is 17.9 Å². The minimum absolute atomic E-state index is 0.0491. The Morgan fingerprint density at radius 1 is 1.28 bits per heavy atom. The van der Waals surface area contributed by atoms with Gasteiger partial charge in [-0.25, -0.2) is 9.13 Å². The Bertz CT molecular complexity index is 1190. The van der Waals surface area contributed by atoms with Crippen LogP contribution >= 0.6 is 22.9 Å². The van der Waals surface area contributed by atoms with E-state index in [9.17, 15) is 19.5 Å². The first kappa shape index (κ1) is 28.9. The largest absolute Gasteiger partial charge is 0.547 e. The highest BCUT2D eigenvalue weighted by molar-refractivity contribution is 7.18. The molecule has 0 bridgehead atoms. The molecule has 3 rings (SSSR count). The van der Waals surface area contributed by atoms with Crippen molar-refractivity contribution in [3.63, 3.8) is 0 Å². The zero-order valence-corrected chi connectivity index (χ0v) is 21.2. The third kappa shape index (κ3) is 9.38. The lowest BCUT2D eigenvalue weighted by Crippen LogP contribution is -2.36. The molecular weight excluding hydrogens is 508 g/mol. The zero-order valence-electron chi connectivity index (χ0n) is 19.6. The monoisotopic (exact) mass is 534 g/mol. The number of aromatic nitrogens is 2. The molecule has 2 atom stereocenters. The molecule has 0 aliphatic heterocycles. The number of benzene rings is 1. The maximum atomic E-state index is 12.4. The summed E-state index contributed by atoms with van der Waals surface area (Å²) in [5.41, 5.74) is 2.35. The molecule has 1 aromatic carbocycles. The molecule has 0 fully saturated rings. The van der Waals surface area contributed by atoms with Gasteiger partial charge in [-0.05, 0) is 30.2 Å². The molecule has 9 nitrogen and oxygen atoms in total. The topological polar surface area (TPSA) is 133 Å². The molecule has 192 valence electrons. The number of hydrogen-bond acceptors (Lipinski definition) is 7. The van der Waals surface area contributed by atoms with Gasteiger partial charge in [0.1, 0.15) is 31.1 Å². The fraction of sp³-hybridized carbons (Fsp3) is 0.280. The average Bonchev–Trinajstić information content (AvgIpc) is 3.45. The van der Waals surface area contributed by atoms with E-state index in [0.29, 0.717) is 22.4 Å². The Morgan fingerprint density at radius 3 is 2.56 bits per heavy atom. The molecule has 2 heterocycles. The van der Waals surface area contributed by atoms with Crippen molar-refractivity contribution >= 4 is 40.7 Å². The van der Waals surface area contributed by atoms with Crippen LogP contribution in [-0.2, 0) is 27.4 Å². The number of thiophene rings is 1. The molecule has 2 unspecified atom stereocenters. The number of ketones is 1. The van der Waals surface area contributed by atoms with E-state index in [0.717, 1.165) is 5.56 Å². The number of carbonyl (C=O) groups is 3. The van der Waals surface area contributed by atoms with E-state index in [-0.39, 0.29) is 18.4 Å². The van der Waals surface area contributed by atoms with Gasteiger partial charge < -0.3 is 24.9 Å².